The first kappa shape index (κ1) is 11.5. The van der Waals surface area contributed by atoms with Crippen molar-refractivity contribution in [3.05, 3.63) is 35.4 Å². The van der Waals surface area contributed by atoms with E-state index in [9.17, 15) is 18.0 Å². The topological polar surface area (TPSA) is 57.5 Å². The number of hydrogen-bond acceptors (Lipinski definition) is 2. The van der Waals surface area contributed by atoms with Crippen LogP contribution in [0.3, 0.4) is 0 Å². The Bertz CT molecular complexity index is 381. The summed E-state index contributed by atoms with van der Waals surface area (Å²) in [7, 11) is 0. The van der Waals surface area contributed by atoms with Crippen molar-refractivity contribution >= 4 is 5.97 Å². The highest BCUT2D eigenvalue weighted by atomic mass is 19.2. The second kappa shape index (κ2) is 4.31. The van der Waals surface area contributed by atoms with Crippen molar-refractivity contribution < 1.29 is 28.2 Å². The molecule has 6 heteroatoms. The van der Waals surface area contributed by atoms with Crippen molar-refractivity contribution in [3.8, 4) is 0 Å². The van der Waals surface area contributed by atoms with Crippen molar-refractivity contribution in [3.63, 3.8) is 0 Å². The second-order valence-electron chi connectivity index (χ2n) is 2.86. The number of aliphatic hydroxyl groups excluding tert-OH is 1. The molecular weight excluding hydrogens is 213 g/mol. The number of benzene rings is 1. The van der Waals surface area contributed by atoms with Crippen LogP contribution in [0.25, 0.3) is 0 Å². The van der Waals surface area contributed by atoms with Gasteiger partial charge in [-0.15, -0.1) is 0 Å². The number of alkyl halides is 1. The average Bonchev–Trinajstić information content (AvgIpc) is 2.19. The Morgan fingerprint density at radius 3 is 2.33 bits per heavy atom. The molecule has 0 aliphatic heterocycles. The zero-order valence-electron chi connectivity index (χ0n) is 7.32. The molecule has 2 N–H and O–H groups in total. The summed E-state index contributed by atoms with van der Waals surface area (Å²) in [5, 5.41) is 17.4. The zero-order chi connectivity index (χ0) is 11.6. The van der Waals surface area contributed by atoms with Crippen LogP contribution in [-0.2, 0) is 4.79 Å². The van der Waals surface area contributed by atoms with Crippen molar-refractivity contribution in [2.24, 2.45) is 0 Å². The summed E-state index contributed by atoms with van der Waals surface area (Å²) < 4.78 is 37.9. The Morgan fingerprint density at radius 2 is 1.87 bits per heavy atom. The highest BCUT2D eigenvalue weighted by Gasteiger charge is 2.27. The summed E-state index contributed by atoms with van der Waals surface area (Å²) in [6.07, 6.45) is -4.59. The minimum Gasteiger partial charge on any atom is -0.479 e. The van der Waals surface area contributed by atoms with Gasteiger partial charge < -0.3 is 10.2 Å². The van der Waals surface area contributed by atoms with Gasteiger partial charge in [0, 0.05) is 0 Å². The van der Waals surface area contributed by atoms with E-state index in [1.165, 1.54) is 0 Å². The molecule has 0 aliphatic rings. The van der Waals surface area contributed by atoms with Gasteiger partial charge in [0.2, 0.25) is 6.17 Å². The van der Waals surface area contributed by atoms with Crippen LogP contribution < -0.4 is 0 Å². The van der Waals surface area contributed by atoms with E-state index >= 15 is 0 Å². The molecule has 0 aromatic heterocycles. The van der Waals surface area contributed by atoms with Crippen LogP contribution >= 0.6 is 0 Å². The zero-order valence-corrected chi connectivity index (χ0v) is 7.32. The van der Waals surface area contributed by atoms with Gasteiger partial charge in [-0.05, 0) is 17.7 Å². The molecule has 1 aromatic rings. The molecule has 0 radical (unpaired) electrons. The quantitative estimate of drug-likeness (QED) is 0.809. The first-order valence-corrected chi connectivity index (χ1v) is 3.93. The third kappa shape index (κ3) is 2.47. The van der Waals surface area contributed by atoms with Crippen molar-refractivity contribution in [1.29, 1.82) is 0 Å². The molecule has 0 aliphatic carbocycles. The Balaban J connectivity index is 2.96. The van der Waals surface area contributed by atoms with Crippen LogP contribution in [0.2, 0.25) is 0 Å². The number of halogens is 3. The minimum atomic E-state index is -2.57. The van der Waals surface area contributed by atoms with E-state index in [2.05, 4.69) is 0 Å². The maximum absolute atomic E-state index is 12.8. The van der Waals surface area contributed by atoms with Gasteiger partial charge in [0.25, 0.3) is 0 Å². The SMILES string of the molecule is O=C(O)C(F)C(O)c1ccc(F)c(F)c1. The molecule has 0 fully saturated rings. The Morgan fingerprint density at radius 1 is 1.27 bits per heavy atom. The Hall–Kier alpha value is -1.56. The number of carbonyl (C=O) groups is 1. The molecule has 2 atom stereocenters. The molecule has 1 rings (SSSR count). The van der Waals surface area contributed by atoms with Gasteiger partial charge in [-0.3, -0.25) is 0 Å². The second-order valence-corrected chi connectivity index (χ2v) is 2.86. The molecule has 3 nitrogen and oxygen atoms in total. The maximum Gasteiger partial charge on any atom is 0.341 e. The van der Waals surface area contributed by atoms with Gasteiger partial charge in [-0.1, -0.05) is 6.07 Å². The van der Waals surface area contributed by atoms with Gasteiger partial charge >= 0.3 is 5.97 Å². The van der Waals surface area contributed by atoms with Gasteiger partial charge in [-0.25, -0.2) is 18.0 Å². The standard InChI is InChI=1S/C9H7F3O3/c10-5-2-1-4(3-6(5)11)8(13)7(12)9(14)15/h1-3,7-8,13H,(H,14,15). The highest BCUT2D eigenvalue weighted by Crippen LogP contribution is 2.21. The van der Waals surface area contributed by atoms with Crippen LogP contribution in [0, 0.1) is 11.6 Å². The van der Waals surface area contributed by atoms with Crippen LogP contribution in [-0.4, -0.2) is 22.4 Å². The molecule has 2 unspecified atom stereocenters. The van der Waals surface area contributed by atoms with Crippen LogP contribution in [0.4, 0.5) is 13.2 Å². The van der Waals surface area contributed by atoms with Gasteiger partial charge in [-0.2, -0.15) is 0 Å². The largest absolute Gasteiger partial charge is 0.479 e. The summed E-state index contributed by atoms with van der Waals surface area (Å²) in [5.74, 6) is -4.30. The number of hydrogen-bond donors (Lipinski definition) is 2. The van der Waals surface area contributed by atoms with Crippen molar-refractivity contribution in [1.82, 2.24) is 0 Å². The van der Waals surface area contributed by atoms with Gasteiger partial charge in [0.1, 0.15) is 6.10 Å². The summed E-state index contributed by atoms with van der Waals surface area (Å²) in [6.45, 7) is 0. The molecule has 15 heavy (non-hydrogen) atoms. The van der Waals surface area contributed by atoms with E-state index in [4.69, 9.17) is 10.2 Å². The molecule has 0 bridgehead atoms. The fourth-order valence-electron chi connectivity index (χ4n) is 1.00. The first-order valence-electron chi connectivity index (χ1n) is 3.93. The normalized spacial score (nSPS) is 14.7. The first-order chi connectivity index (χ1) is 6.93. The van der Waals surface area contributed by atoms with E-state index in [0.29, 0.717) is 12.1 Å². The summed E-state index contributed by atoms with van der Waals surface area (Å²) in [5.41, 5.74) is -0.330. The monoisotopic (exact) mass is 220 g/mol. The Kier molecular flexibility index (Phi) is 3.31. The van der Waals surface area contributed by atoms with Crippen LogP contribution in [0.15, 0.2) is 18.2 Å². The number of carboxylic acid groups (broad SMARTS) is 1. The molecule has 0 saturated heterocycles. The minimum absolute atomic E-state index is 0.330. The highest BCUT2D eigenvalue weighted by molar-refractivity contribution is 5.73. The van der Waals surface area contributed by atoms with E-state index in [1.807, 2.05) is 0 Å². The lowest BCUT2D eigenvalue weighted by Gasteiger charge is -2.12. The molecule has 0 heterocycles. The predicted octanol–water partition coefficient (Wildman–Crippen LogP) is 1.42. The van der Waals surface area contributed by atoms with Crippen molar-refractivity contribution in [2.45, 2.75) is 12.3 Å². The average molecular weight is 220 g/mol. The third-order valence-corrected chi connectivity index (χ3v) is 1.80. The van der Waals surface area contributed by atoms with Crippen LogP contribution in [0.5, 0.6) is 0 Å². The lowest BCUT2D eigenvalue weighted by Crippen LogP contribution is -2.23. The van der Waals surface area contributed by atoms with Gasteiger partial charge in [0.15, 0.2) is 11.6 Å². The maximum atomic E-state index is 12.8. The molecular formula is C9H7F3O3. The smallest absolute Gasteiger partial charge is 0.341 e. The van der Waals surface area contributed by atoms with E-state index in [0.717, 1.165) is 6.07 Å². The van der Waals surface area contributed by atoms with Gasteiger partial charge in [0.05, 0.1) is 0 Å². The third-order valence-electron chi connectivity index (χ3n) is 1.80. The molecule has 82 valence electrons. The lowest BCUT2D eigenvalue weighted by molar-refractivity contribution is -0.147. The van der Waals surface area contributed by atoms with Crippen LogP contribution in [0.1, 0.15) is 11.7 Å². The van der Waals surface area contributed by atoms with Crippen molar-refractivity contribution in [2.75, 3.05) is 0 Å². The summed E-state index contributed by atoms with van der Waals surface area (Å²) in [6, 6.07) is 2.15. The van der Waals surface area contributed by atoms with E-state index < -0.39 is 29.9 Å². The molecule has 1 aromatic carbocycles. The fourth-order valence-corrected chi connectivity index (χ4v) is 1.00. The molecule has 0 saturated carbocycles. The fraction of sp³-hybridized carbons (Fsp3) is 0.222. The molecule has 0 amide bonds. The number of rotatable bonds is 3. The summed E-state index contributed by atoms with van der Waals surface area (Å²) >= 11 is 0. The van der Waals surface area contributed by atoms with E-state index in [-0.39, 0.29) is 5.56 Å². The Labute approximate surface area is 82.8 Å². The number of aliphatic carboxylic acids is 1. The number of carboxylic acids is 1. The summed E-state index contributed by atoms with van der Waals surface area (Å²) in [4.78, 5) is 10.2. The predicted molar refractivity (Wildman–Crippen MR) is 43.8 cm³/mol. The van der Waals surface area contributed by atoms with E-state index in [1.54, 1.807) is 0 Å². The number of aliphatic hydroxyl groups is 1. The molecule has 0 spiro atoms. The lowest BCUT2D eigenvalue weighted by atomic mass is 10.1.